The van der Waals surface area contributed by atoms with Gasteiger partial charge in [-0.2, -0.15) is 13.2 Å². The Morgan fingerprint density at radius 2 is 1.87 bits per heavy atom. The van der Waals surface area contributed by atoms with Crippen LogP contribution in [0, 0.1) is 6.92 Å². The monoisotopic (exact) mass is 226 g/mol. The number of anilines is 1. The van der Waals surface area contributed by atoms with Gasteiger partial charge in [-0.15, -0.1) is 0 Å². The number of nitrogens with zero attached hydrogens (tertiary/aromatic N) is 1. The summed E-state index contributed by atoms with van der Waals surface area (Å²) in [6.45, 7) is 1.22. The molecule has 15 heavy (non-hydrogen) atoms. The van der Waals surface area contributed by atoms with Crippen LogP contribution in [0.25, 0.3) is 0 Å². The molecule has 0 amide bonds. The average molecular weight is 226 g/mol. The van der Waals surface area contributed by atoms with Crippen molar-refractivity contribution in [1.82, 2.24) is 4.98 Å². The van der Waals surface area contributed by atoms with Crippen molar-refractivity contribution in [1.29, 1.82) is 0 Å². The minimum absolute atomic E-state index is 0.0624. The van der Waals surface area contributed by atoms with Crippen molar-refractivity contribution in [3.05, 3.63) is 23.0 Å². The van der Waals surface area contributed by atoms with E-state index in [1.165, 1.54) is 6.92 Å². The van der Waals surface area contributed by atoms with Gasteiger partial charge in [0, 0.05) is 0 Å². The van der Waals surface area contributed by atoms with Gasteiger partial charge in [0.05, 0.1) is 5.69 Å². The maximum absolute atomic E-state index is 12.3. The van der Waals surface area contributed by atoms with Crippen molar-refractivity contribution in [3.63, 3.8) is 0 Å². The van der Waals surface area contributed by atoms with E-state index in [1.54, 1.807) is 0 Å². The van der Waals surface area contributed by atoms with Crippen molar-refractivity contribution in [2.24, 2.45) is 0 Å². The molecule has 0 saturated carbocycles. The third-order valence-electron chi connectivity index (χ3n) is 1.78. The normalized spacial score (nSPS) is 12.2. The number of nitrogens with two attached hydrogens (primary N) is 1. The molecule has 0 bridgehead atoms. The summed E-state index contributed by atoms with van der Waals surface area (Å²) >= 11 is 0. The number of halogens is 5. The van der Waals surface area contributed by atoms with Gasteiger partial charge in [-0.1, -0.05) is 0 Å². The van der Waals surface area contributed by atoms with Crippen LogP contribution in [0.4, 0.5) is 27.6 Å². The van der Waals surface area contributed by atoms with Crippen LogP contribution < -0.4 is 5.73 Å². The molecule has 1 aromatic heterocycles. The second-order valence-corrected chi connectivity index (χ2v) is 2.92. The number of pyridine rings is 1. The van der Waals surface area contributed by atoms with Crippen LogP contribution in [0.5, 0.6) is 0 Å². The minimum Gasteiger partial charge on any atom is -0.397 e. The first-order valence-electron chi connectivity index (χ1n) is 3.86. The van der Waals surface area contributed by atoms with Gasteiger partial charge >= 0.3 is 6.18 Å². The number of nitrogen functional groups attached to an aromatic ring is 1. The summed E-state index contributed by atoms with van der Waals surface area (Å²) in [7, 11) is 0. The zero-order valence-corrected chi connectivity index (χ0v) is 7.57. The molecule has 0 saturated heterocycles. The van der Waals surface area contributed by atoms with Crippen LogP contribution >= 0.6 is 0 Å². The molecule has 7 heteroatoms. The Balaban J connectivity index is 3.38. The molecular weight excluding hydrogens is 219 g/mol. The Kier molecular flexibility index (Phi) is 2.83. The van der Waals surface area contributed by atoms with E-state index < -0.39 is 29.7 Å². The fourth-order valence-electron chi connectivity index (χ4n) is 1.04. The quantitative estimate of drug-likeness (QED) is 0.747. The van der Waals surface area contributed by atoms with Crippen molar-refractivity contribution in [2.75, 3.05) is 5.73 Å². The fraction of sp³-hybridized carbons (Fsp3) is 0.375. The van der Waals surface area contributed by atoms with Gasteiger partial charge in [0.25, 0.3) is 6.43 Å². The Morgan fingerprint density at radius 1 is 1.33 bits per heavy atom. The molecule has 1 aromatic rings. The molecule has 2 nitrogen and oxygen atoms in total. The molecule has 1 rings (SSSR count). The molecule has 0 aliphatic heterocycles. The van der Waals surface area contributed by atoms with E-state index in [0.29, 0.717) is 0 Å². The standard InChI is InChI=1S/C8H7F5N2/c1-3-2-4(7(9)10)15-6(5(3)14)8(11,12)13/h2,7H,14H2,1H3. The smallest absolute Gasteiger partial charge is 0.397 e. The lowest BCUT2D eigenvalue weighted by molar-refractivity contribution is -0.140. The Labute approximate surface area is 81.9 Å². The molecule has 2 N–H and O–H groups in total. The van der Waals surface area contributed by atoms with Crippen molar-refractivity contribution in [3.8, 4) is 0 Å². The lowest BCUT2D eigenvalue weighted by Gasteiger charge is -2.12. The number of hydrogen-bond acceptors (Lipinski definition) is 2. The summed E-state index contributed by atoms with van der Waals surface area (Å²) < 4.78 is 61.2. The highest BCUT2D eigenvalue weighted by Gasteiger charge is 2.36. The van der Waals surface area contributed by atoms with Gasteiger partial charge in [0.2, 0.25) is 0 Å². The molecule has 0 radical (unpaired) electrons. The van der Waals surface area contributed by atoms with E-state index in [0.717, 1.165) is 6.07 Å². The SMILES string of the molecule is Cc1cc(C(F)F)nc(C(F)(F)F)c1N. The zero-order valence-electron chi connectivity index (χ0n) is 7.57. The van der Waals surface area contributed by atoms with Crippen LogP contribution in [-0.4, -0.2) is 4.98 Å². The summed E-state index contributed by atoms with van der Waals surface area (Å²) in [6.07, 6.45) is -7.87. The third-order valence-corrected chi connectivity index (χ3v) is 1.78. The van der Waals surface area contributed by atoms with Gasteiger partial charge in [0.1, 0.15) is 5.69 Å². The lowest BCUT2D eigenvalue weighted by atomic mass is 10.1. The number of aryl methyl sites for hydroxylation is 1. The average Bonchev–Trinajstić information content (AvgIpc) is 2.06. The topological polar surface area (TPSA) is 38.9 Å². The predicted molar refractivity (Wildman–Crippen MR) is 43.3 cm³/mol. The summed E-state index contributed by atoms with van der Waals surface area (Å²) in [5.74, 6) is 0. The van der Waals surface area contributed by atoms with Crippen LogP contribution in [-0.2, 0) is 6.18 Å². The summed E-state index contributed by atoms with van der Waals surface area (Å²) in [6, 6.07) is 0.842. The van der Waals surface area contributed by atoms with E-state index in [2.05, 4.69) is 4.98 Å². The highest BCUT2D eigenvalue weighted by Crippen LogP contribution is 2.35. The van der Waals surface area contributed by atoms with Gasteiger partial charge in [-0.25, -0.2) is 13.8 Å². The maximum Gasteiger partial charge on any atom is 0.435 e. The second-order valence-electron chi connectivity index (χ2n) is 2.92. The Morgan fingerprint density at radius 3 is 2.27 bits per heavy atom. The molecule has 0 aromatic carbocycles. The molecule has 0 spiro atoms. The molecule has 0 atom stereocenters. The molecule has 0 aliphatic rings. The lowest BCUT2D eigenvalue weighted by Crippen LogP contribution is -2.14. The summed E-state index contributed by atoms with van der Waals surface area (Å²) in [4.78, 5) is 2.80. The van der Waals surface area contributed by atoms with Gasteiger partial charge in [-0.05, 0) is 18.6 Å². The van der Waals surface area contributed by atoms with Crippen LogP contribution in [0.1, 0.15) is 23.4 Å². The molecule has 0 unspecified atom stereocenters. The van der Waals surface area contributed by atoms with E-state index in [-0.39, 0.29) is 5.56 Å². The van der Waals surface area contributed by atoms with Crippen molar-refractivity contribution in [2.45, 2.75) is 19.5 Å². The van der Waals surface area contributed by atoms with E-state index >= 15 is 0 Å². The van der Waals surface area contributed by atoms with E-state index in [9.17, 15) is 22.0 Å². The van der Waals surface area contributed by atoms with E-state index in [1.807, 2.05) is 0 Å². The first kappa shape index (κ1) is 11.7. The maximum atomic E-state index is 12.3. The van der Waals surface area contributed by atoms with Gasteiger partial charge < -0.3 is 5.73 Å². The molecule has 1 heterocycles. The molecule has 0 fully saturated rings. The number of hydrogen-bond donors (Lipinski definition) is 1. The Bertz CT molecular complexity index is 372. The van der Waals surface area contributed by atoms with Crippen molar-refractivity contribution >= 4 is 5.69 Å². The first-order valence-corrected chi connectivity index (χ1v) is 3.86. The largest absolute Gasteiger partial charge is 0.435 e. The predicted octanol–water partition coefficient (Wildman–Crippen LogP) is 2.93. The zero-order chi connectivity index (χ0) is 11.8. The van der Waals surface area contributed by atoms with Gasteiger partial charge in [-0.3, -0.25) is 0 Å². The van der Waals surface area contributed by atoms with E-state index in [4.69, 9.17) is 5.73 Å². The molecular formula is C8H7F5N2. The number of rotatable bonds is 1. The van der Waals surface area contributed by atoms with Crippen LogP contribution in [0.2, 0.25) is 0 Å². The Hall–Kier alpha value is -1.40. The number of alkyl halides is 5. The molecule has 84 valence electrons. The third kappa shape index (κ3) is 2.34. The first-order chi connectivity index (χ1) is 6.73. The fourth-order valence-corrected chi connectivity index (χ4v) is 1.04. The minimum atomic E-state index is -4.82. The van der Waals surface area contributed by atoms with Crippen LogP contribution in [0.15, 0.2) is 6.07 Å². The van der Waals surface area contributed by atoms with Crippen LogP contribution in [0.3, 0.4) is 0 Å². The number of aromatic nitrogens is 1. The highest BCUT2D eigenvalue weighted by molar-refractivity contribution is 5.52. The summed E-state index contributed by atoms with van der Waals surface area (Å²) in [5.41, 5.74) is 2.05. The van der Waals surface area contributed by atoms with Crippen molar-refractivity contribution < 1.29 is 22.0 Å². The van der Waals surface area contributed by atoms with Gasteiger partial charge in [0.15, 0.2) is 5.69 Å². The highest BCUT2D eigenvalue weighted by atomic mass is 19.4. The second kappa shape index (κ2) is 3.63. The molecule has 0 aliphatic carbocycles. The summed E-state index contributed by atoms with van der Waals surface area (Å²) in [5, 5.41) is 0.